The molecule has 0 saturated heterocycles. The molecule has 2 rings (SSSR count). The summed E-state index contributed by atoms with van der Waals surface area (Å²) in [5.74, 6) is 0.457. The van der Waals surface area contributed by atoms with Crippen molar-refractivity contribution in [3.63, 3.8) is 0 Å². The SMILES string of the molecule is CC(C)c1[nH]nc2ccc(C(C)N)cc12. The zero-order valence-corrected chi connectivity index (χ0v) is 9.41. The van der Waals surface area contributed by atoms with Gasteiger partial charge in [0.2, 0.25) is 0 Å². The molecule has 80 valence electrons. The summed E-state index contributed by atoms with van der Waals surface area (Å²) in [6, 6.07) is 6.28. The number of hydrogen-bond donors (Lipinski definition) is 2. The molecule has 0 spiro atoms. The molecular weight excluding hydrogens is 186 g/mol. The van der Waals surface area contributed by atoms with Crippen LogP contribution in [0.3, 0.4) is 0 Å². The molecule has 0 amide bonds. The third-order valence-electron chi connectivity index (χ3n) is 2.71. The molecule has 1 aromatic carbocycles. The predicted molar refractivity (Wildman–Crippen MR) is 62.8 cm³/mol. The Bertz CT molecular complexity index is 469. The van der Waals surface area contributed by atoms with E-state index in [2.05, 4.69) is 30.1 Å². The number of benzene rings is 1. The minimum Gasteiger partial charge on any atom is -0.324 e. The first kappa shape index (κ1) is 10.2. The van der Waals surface area contributed by atoms with Crippen LogP contribution in [0, 0.1) is 0 Å². The maximum absolute atomic E-state index is 5.87. The Morgan fingerprint density at radius 3 is 2.60 bits per heavy atom. The number of nitrogens with zero attached hydrogens (tertiary/aromatic N) is 1. The Hall–Kier alpha value is -1.35. The van der Waals surface area contributed by atoms with Gasteiger partial charge in [0.1, 0.15) is 0 Å². The van der Waals surface area contributed by atoms with E-state index in [0.29, 0.717) is 5.92 Å². The van der Waals surface area contributed by atoms with E-state index in [4.69, 9.17) is 5.73 Å². The van der Waals surface area contributed by atoms with Gasteiger partial charge in [0.15, 0.2) is 0 Å². The maximum atomic E-state index is 5.87. The monoisotopic (exact) mass is 203 g/mol. The first-order valence-corrected chi connectivity index (χ1v) is 5.33. The van der Waals surface area contributed by atoms with Gasteiger partial charge in [-0.3, -0.25) is 5.10 Å². The molecule has 0 saturated carbocycles. The summed E-state index contributed by atoms with van der Waals surface area (Å²) in [6.45, 7) is 6.31. The summed E-state index contributed by atoms with van der Waals surface area (Å²) in [5.41, 5.74) is 9.23. The Morgan fingerprint density at radius 2 is 2.00 bits per heavy atom. The van der Waals surface area contributed by atoms with Gasteiger partial charge in [-0.2, -0.15) is 5.10 Å². The Morgan fingerprint density at radius 1 is 1.27 bits per heavy atom. The number of fused-ring (bicyclic) bond motifs is 1. The fraction of sp³-hybridized carbons (Fsp3) is 0.417. The molecule has 0 aliphatic heterocycles. The molecular formula is C12H17N3. The molecule has 1 unspecified atom stereocenters. The highest BCUT2D eigenvalue weighted by Crippen LogP contribution is 2.25. The van der Waals surface area contributed by atoms with E-state index in [1.54, 1.807) is 0 Å². The molecule has 15 heavy (non-hydrogen) atoms. The van der Waals surface area contributed by atoms with Crippen molar-refractivity contribution in [2.45, 2.75) is 32.7 Å². The first-order chi connectivity index (χ1) is 7.09. The number of nitrogens with two attached hydrogens (primary N) is 1. The van der Waals surface area contributed by atoms with Crippen LogP contribution < -0.4 is 5.73 Å². The molecule has 3 nitrogen and oxygen atoms in total. The number of nitrogens with one attached hydrogen (secondary N) is 1. The van der Waals surface area contributed by atoms with Crippen LogP contribution in [0.15, 0.2) is 18.2 Å². The number of rotatable bonds is 2. The molecule has 0 radical (unpaired) electrons. The Labute approximate surface area is 89.7 Å². The third kappa shape index (κ3) is 1.75. The van der Waals surface area contributed by atoms with Crippen molar-refractivity contribution in [2.24, 2.45) is 5.73 Å². The van der Waals surface area contributed by atoms with E-state index >= 15 is 0 Å². The van der Waals surface area contributed by atoms with Gasteiger partial charge in [-0.05, 0) is 30.5 Å². The third-order valence-corrected chi connectivity index (χ3v) is 2.71. The highest BCUT2D eigenvalue weighted by molar-refractivity contribution is 5.82. The number of aromatic amines is 1. The topological polar surface area (TPSA) is 54.7 Å². The van der Waals surface area contributed by atoms with E-state index in [1.807, 2.05) is 19.1 Å². The van der Waals surface area contributed by atoms with Gasteiger partial charge in [-0.1, -0.05) is 19.9 Å². The summed E-state index contributed by atoms with van der Waals surface area (Å²) in [5, 5.41) is 8.56. The summed E-state index contributed by atoms with van der Waals surface area (Å²) in [4.78, 5) is 0. The fourth-order valence-electron chi connectivity index (χ4n) is 1.77. The second-order valence-corrected chi connectivity index (χ2v) is 4.36. The molecule has 0 aliphatic carbocycles. The maximum Gasteiger partial charge on any atom is 0.0924 e. The average molecular weight is 203 g/mol. The van der Waals surface area contributed by atoms with Crippen molar-refractivity contribution in [3.8, 4) is 0 Å². The Balaban J connectivity index is 2.61. The normalized spacial score (nSPS) is 13.7. The number of hydrogen-bond acceptors (Lipinski definition) is 2. The van der Waals surface area contributed by atoms with Crippen molar-refractivity contribution in [2.75, 3.05) is 0 Å². The molecule has 0 aliphatic rings. The van der Waals surface area contributed by atoms with Crippen molar-refractivity contribution in [1.29, 1.82) is 0 Å². The lowest BCUT2D eigenvalue weighted by Crippen LogP contribution is -2.04. The lowest BCUT2D eigenvalue weighted by atomic mass is 10.0. The van der Waals surface area contributed by atoms with E-state index in [-0.39, 0.29) is 6.04 Å². The fourth-order valence-corrected chi connectivity index (χ4v) is 1.77. The van der Waals surface area contributed by atoms with Crippen molar-refractivity contribution in [1.82, 2.24) is 10.2 Å². The van der Waals surface area contributed by atoms with Crippen LogP contribution in [-0.2, 0) is 0 Å². The smallest absolute Gasteiger partial charge is 0.0924 e. The molecule has 0 bridgehead atoms. The van der Waals surface area contributed by atoms with Crippen LogP contribution in [0.4, 0.5) is 0 Å². The van der Waals surface area contributed by atoms with Gasteiger partial charge >= 0.3 is 0 Å². The van der Waals surface area contributed by atoms with E-state index in [9.17, 15) is 0 Å². The van der Waals surface area contributed by atoms with Crippen molar-refractivity contribution in [3.05, 3.63) is 29.5 Å². The van der Waals surface area contributed by atoms with Crippen molar-refractivity contribution < 1.29 is 0 Å². The summed E-state index contributed by atoms with van der Waals surface area (Å²) < 4.78 is 0. The standard InChI is InChI=1S/C12H17N3/c1-7(2)12-10-6-9(8(3)13)4-5-11(10)14-15-12/h4-8H,13H2,1-3H3,(H,14,15). The number of H-pyrrole nitrogens is 1. The minimum atomic E-state index is 0.0734. The van der Waals surface area contributed by atoms with Gasteiger partial charge < -0.3 is 5.73 Å². The molecule has 3 N–H and O–H groups in total. The van der Waals surface area contributed by atoms with Crippen LogP contribution in [0.1, 0.15) is 44.0 Å². The quantitative estimate of drug-likeness (QED) is 0.788. The van der Waals surface area contributed by atoms with Gasteiger partial charge in [0.05, 0.1) is 5.52 Å². The van der Waals surface area contributed by atoms with Crippen LogP contribution in [0.2, 0.25) is 0 Å². The van der Waals surface area contributed by atoms with Gasteiger partial charge in [0, 0.05) is 17.1 Å². The second-order valence-electron chi connectivity index (χ2n) is 4.36. The lowest BCUT2D eigenvalue weighted by molar-refractivity contribution is 0.813. The summed E-state index contributed by atoms with van der Waals surface area (Å²) >= 11 is 0. The lowest BCUT2D eigenvalue weighted by Gasteiger charge is -2.06. The highest BCUT2D eigenvalue weighted by atomic mass is 15.1. The van der Waals surface area contributed by atoms with E-state index < -0.39 is 0 Å². The molecule has 3 heteroatoms. The molecule has 1 heterocycles. The van der Waals surface area contributed by atoms with Gasteiger partial charge in [-0.25, -0.2) is 0 Å². The summed E-state index contributed by atoms with van der Waals surface area (Å²) in [6.07, 6.45) is 0. The number of aromatic nitrogens is 2. The zero-order chi connectivity index (χ0) is 11.0. The van der Waals surface area contributed by atoms with Crippen LogP contribution in [0.5, 0.6) is 0 Å². The molecule has 1 aromatic heterocycles. The predicted octanol–water partition coefficient (Wildman–Crippen LogP) is 2.71. The molecule has 2 aromatic rings. The van der Waals surface area contributed by atoms with Crippen LogP contribution in [0.25, 0.3) is 10.9 Å². The minimum absolute atomic E-state index is 0.0734. The van der Waals surface area contributed by atoms with Gasteiger partial charge in [-0.15, -0.1) is 0 Å². The largest absolute Gasteiger partial charge is 0.324 e. The molecule has 1 atom stereocenters. The first-order valence-electron chi connectivity index (χ1n) is 5.33. The summed E-state index contributed by atoms with van der Waals surface area (Å²) in [7, 11) is 0. The Kier molecular flexibility index (Phi) is 2.49. The molecule has 0 fully saturated rings. The highest BCUT2D eigenvalue weighted by Gasteiger charge is 2.10. The van der Waals surface area contributed by atoms with Gasteiger partial charge in [0.25, 0.3) is 0 Å². The average Bonchev–Trinajstić information content (AvgIpc) is 2.59. The van der Waals surface area contributed by atoms with E-state index in [1.165, 1.54) is 11.1 Å². The van der Waals surface area contributed by atoms with E-state index in [0.717, 1.165) is 11.1 Å². The van der Waals surface area contributed by atoms with Crippen molar-refractivity contribution >= 4 is 10.9 Å². The van der Waals surface area contributed by atoms with Crippen LogP contribution in [-0.4, -0.2) is 10.2 Å². The van der Waals surface area contributed by atoms with Crippen LogP contribution >= 0.6 is 0 Å². The second kappa shape index (κ2) is 3.66. The zero-order valence-electron chi connectivity index (χ0n) is 9.41.